The maximum atomic E-state index is 10.4. The van der Waals surface area contributed by atoms with Gasteiger partial charge in [-0.15, -0.1) is 10.2 Å². The Morgan fingerprint density at radius 3 is 2.63 bits per heavy atom. The Hall–Kier alpha value is -2.17. The van der Waals surface area contributed by atoms with E-state index < -0.39 is 5.97 Å². The van der Waals surface area contributed by atoms with Gasteiger partial charge in [-0.3, -0.25) is 4.79 Å². The van der Waals surface area contributed by atoms with Crippen molar-refractivity contribution >= 4 is 5.97 Å². The normalized spacial score (nSPS) is 10.6. The Balaban J connectivity index is 1.91. The zero-order valence-corrected chi connectivity index (χ0v) is 10.8. The maximum Gasteiger partial charge on any atom is 0.303 e. The quantitative estimate of drug-likeness (QED) is 0.808. The predicted octanol–water partition coefficient (Wildman–Crippen LogP) is 2.84. The summed E-state index contributed by atoms with van der Waals surface area (Å²) in [7, 11) is 0. The lowest BCUT2D eigenvalue weighted by Gasteiger charge is -1.96. The number of aliphatic carboxylic acids is 1. The Morgan fingerprint density at radius 2 is 1.95 bits per heavy atom. The van der Waals surface area contributed by atoms with Crippen LogP contribution in [0.2, 0.25) is 0 Å². The van der Waals surface area contributed by atoms with E-state index >= 15 is 0 Å². The fourth-order valence-corrected chi connectivity index (χ4v) is 1.72. The van der Waals surface area contributed by atoms with Gasteiger partial charge in [-0.1, -0.05) is 17.7 Å². The third-order valence-corrected chi connectivity index (χ3v) is 2.80. The number of aromatic nitrogens is 2. The standard InChI is InChI=1S/C14H16N2O3/c1-10-6-8-11(9-7-10)14-16-15-12(19-14)4-2-3-5-13(17)18/h6-9H,2-5H2,1H3,(H,17,18). The highest BCUT2D eigenvalue weighted by Gasteiger charge is 2.08. The monoisotopic (exact) mass is 260 g/mol. The van der Waals surface area contributed by atoms with Crippen LogP contribution in [0.3, 0.4) is 0 Å². The topological polar surface area (TPSA) is 76.2 Å². The van der Waals surface area contributed by atoms with Crippen LogP contribution in [0.1, 0.15) is 30.7 Å². The average molecular weight is 260 g/mol. The number of benzene rings is 1. The van der Waals surface area contributed by atoms with Crippen molar-refractivity contribution in [2.75, 3.05) is 0 Å². The summed E-state index contributed by atoms with van der Waals surface area (Å²) in [5.74, 6) is 0.292. The Kier molecular flexibility index (Phi) is 4.28. The molecule has 0 fully saturated rings. The number of carbonyl (C=O) groups is 1. The molecule has 0 saturated carbocycles. The summed E-state index contributed by atoms with van der Waals surface area (Å²) in [4.78, 5) is 10.4. The molecule has 1 aromatic heterocycles. The number of unbranched alkanes of at least 4 members (excludes halogenated alkanes) is 1. The molecule has 0 atom stereocenters. The van der Waals surface area contributed by atoms with E-state index in [0.29, 0.717) is 24.6 Å². The molecule has 0 amide bonds. The molecule has 0 saturated heterocycles. The third kappa shape index (κ3) is 3.91. The minimum Gasteiger partial charge on any atom is -0.481 e. The smallest absolute Gasteiger partial charge is 0.303 e. The number of carboxylic acids is 1. The molecule has 0 bridgehead atoms. The van der Waals surface area contributed by atoms with Crippen LogP contribution in [0, 0.1) is 6.92 Å². The summed E-state index contributed by atoms with van der Waals surface area (Å²) >= 11 is 0. The molecule has 0 unspecified atom stereocenters. The van der Waals surface area contributed by atoms with Crippen LogP contribution in [0.5, 0.6) is 0 Å². The van der Waals surface area contributed by atoms with Gasteiger partial charge in [0.25, 0.3) is 0 Å². The van der Waals surface area contributed by atoms with E-state index in [0.717, 1.165) is 12.0 Å². The molecule has 0 aliphatic heterocycles. The van der Waals surface area contributed by atoms with Gasteiger partial charge in [0.05, 0.1) is 0 Å². The van der Waals surface area contributed by atoms with Crippen molar-refractivity contribution in [2.24, 2.45) is 0 Å². The van der Waals surface area contributed by atoms with Crippen molar-refractivity contribution in [1.29, 1.82) is 0 Å². The number of hydrogen-bond acceptors (Lipinski definition) is 4. The van der Waals surface area contributed by atoms with E-state index in [1.165, 1.54) is 5.56 Å². The number of carboxylic acid groups (broad SMARTS) is 1. The van der Waals surface area contributed by atoms with Gasteiger partial charge in [0.15, 0.2) is 0 Å². The maximum absolute atomic E-state index is 10.4. The van der Waals surface area contributed by atoms with Gasteiger partial charge in [-0.25, -0.2) is 0 Å². The molecular formula is C14H16N2O3. The van der Waals surface area contributed by atoms with E-state index in [4.69, 9.17) is 9.52 Å². The number of nitrogens with zero attached hydrogens (tertiary/aromatic N) is 2. The number of hydrogen-bond donors (Lipinski definition) is 1. The summed E-state index contributed by atoms with van der Waals surface area (Å²) in [5.41, 5.74) is 2.08. The minimum absolute atomic E-state index is 0.180. The Bertz CT molecular complexity index is 546. The van der Waals surface area contributed by atoms with Crippen LogP contribution in [0.4, 0.5) is 0 Å². The van der Waals surface area contributed by atoms with Gasteiger partial charge in [-0.2, -0.15) is 0 Å². The lowest BCUT2D eigenvalue weighted by Crippen LogP contribution is -1.95. The van der Waals surface area contributed by atoms with Crippen LogP contribution >= 0.6 is 0 Å². The first kappa shape index (κ1) is 13.3. The van der Waals surface area contributed by atoms with Crippen LogP contribution in [0.15, 0.2) is 28.7 Å². The van der Waals surface area contributed by atoms with Gasteiger partial charge < -0.3 is 9.52 Å². The molecule has 0 spiro atoms. The van der Waals surface area contributed by atoms with E-state index in [9.17, 15) is 4.79 Å². The summed E-state index contributed by atoms with van der Waals surface area (Å²) in [6, 6.07) is 7.87. The van der Waals surface area contributed by atoms with Crippen LogP contribution < -0.4 is 0 Å². The van der Waals surface area contributed by atoms with Gasteiger partial charge in [0.2, 0.25) is 11.8 Å². The van der Waals surface area contributed by atoms with Crippen molar-refractivity contribution in [1.82, 2.24) is 10.2 Å². The molecule has 2 rings (SSSR count). The van der Waals surface area contributed by atoms with E-state index in [1.807, 2.05) is 31.2 Å². The minimum atomic E-state index is -0.772. The molecule has 1 aromatic carbocycles. The number of aryl methyl sites for hydroxylation is 2. The van der Waals surface area contributed by atoms with E-state index in [2.05, 4.69) is 10.2 Å². The molecule has 0 aliphatic rings. The van der Waals surface area contributed by atoms with Crippen molar-refractivity contribution in [2.45, 2.75) is 32.6 Å². The van der Waals surface area contributed by atoms with Gasteiger partial charge in [0, 0.05) is 18.4 Å². The molecule has 1 heterocycles. The first-order valence-electron chi connectivity index (χ1n) is 6.26. The zero-order valence-electron chi connectivity index (χ0n) is 10.8. The third-order valence-electron chi connectivity index (χ3n) is 2.80. The van der Waals surface area contributed by atoms with Crippen molar-refractivity contribution < 1.29 is 14.3 Å². The fraction of sp³-hybridized carbons (Fsp3) is 0.357. The van der Waals surface area contributed by atoms with Crippen molar-refractivity contribution in [3.63, 3.8) is 0 Å². The summed E-state index contributed by atoms with van der Waals surface area (Å²) in [6.07, 6.45) is 2.16. The molecule has 5 nitrogen and oxygen atoms in total. The van der Waals surface area contributed by atoms with E-state index in [-0.39, 0.29) is 6.42 Å². The van der Waals surface area contributed by atoms with Gasteiger partial charge in [-0.05, 0) is 31.9 Å². The summed E-state index contributed by atoms with van der Waals surface area (Å²) in [5, 5.41) is 16.5. The average Bonchev–Trinajstić information content (AvgIpc) is 2.84. The summed E-state index contributed by atoms with van der Waals surface area (Å²) in [6.45, 7) is 2.02. The second kappa shape index (κ2) is 6.13. The second-order valence-corrected chi connectivity index (χ2v) is 4.47. The Labute approximate surface area is 111 Å². The lowest BCUT2D eigenvalue weighted by molar-refractivity contribution is -0.137. The molecule has 5 heteroatoms. The highest BCUT2D eigenvalue weighted by Crippen LogP contribution is 2.18. The van der Waals surface area contributed by atoms with Gasteiger partial charge >= 0.3 is 5.97 Å². The zero-order chi connectivity index (χ0) is 13.7. The van der Waals surface area contributed by atoms with Gasteiger partial charge in [0.1, 0.15) is 0 Å². The molecule has 0 radical (unpaired) electrons. The highest BCUT2D eigenvalue weighted by molar-refractivity contribution is 5.66. The molecule has 2 aromatic rings. The first-order valence-corrected chi connectivity index (χ1v) is 6.26. The molecule has 0 aliphatic carbocycles. The largest absolute Gasteiger partial charge is 0.481 e. The number of rotatable bonds is 6. The highest BCUT2D eigenvalue weighted by atomic mass is 16.4. The molecular weight excluding hydrogens is 244 g/mol. The van der Waals surface area contributed by atoms with Crippen molar-refractivity contribution in [3.8, 4) is 11.5 Å². The van der Waals surface area contributed by atoms with Crippen LogP contribution in [0.25, 0.3) is 11.5 Å². The SMILES string of the molecule is Cc1ccc(-c2nnc(CCCCC(=O)O)o2)cc1. The first-order chi connectivity index (χ1) is 9.15. The molecule has 19 heavy (non-hydrogen) atoms. The fourth-order valence-electron chi connectivity index (χ4n) is 1.72. The summed E-state index contributed by atoms with van der Waals surface area (Å²) < 4.78 is 5.55. The molecule has 100 valence electrons. The Morgan fingerprint density at radius 1 is 1.21 bits per heavy atom. The van der Waals surface area contributed by atoms with Crippen molar-refractivity contribution in [3.05, 3.63) is 35.7 Å². The van der Waals surface area contributed by atoms with E-state index in [1.54, 1.807) is 0 Å². The van der Waals surface area contributed by atoms with Crippen LogP contribution in [-0.4, -0.2) is 21.3 Å². The van der Waals surface area contributed by atoms with Crippen LogP contribution in [-0.2, 0) is 11.2 Å². The predicted molar refractivity (Wildman–Crippen MR) is 69.7 cm³/mol. The lowest BCUT2D eigenvalue weighted by atomic mass is 10.1. The molecule has 1 N–H and O–H groups in total. The second-order valence-electron chi connectivity index (χ2n) is 4.47.